The van der Waals surface area contributed by atoms with Crippen molar-refractivity contribution >= 4 is 27.8 Å². The fraction of sp³-hybridized carbons (Fsp3) is 0.185. The van der Waals surface area contributed by atoms with Crippen LogP contribution in [0.1, 0.15) is 29.4 Å². The van der Waals surface area contributed by atoms with Gasteiger partial charge in [-0.3, -0.25) is 5.10 Å². The summed E-state index contributed by atoms with van der Waals surface area (Å²) >= 11 is 0. The highest BCUT2D eigenvalue weighted by atomic mass is 19.1. The van der Waals surface area contributed by atoms with Crippen molar-refractivity contribution in [1.82, 2.24) is 14.8 Å². The number of aromatic nitrogens is 3. The maximum Gasteiger partial charge on any atom is 0.335 e. The number of fused-ring (bicyclic) bond motifs is 2. The van der Waals surface area contributed by atoms with E-state index in [0.29, 0.717) is 17.8 Å². The third kappa shape index (κ3) is 3.77. The SMILES string of the molecule is CCC(O)(COC)c1c(-c2ccc(C(=O)O)cc2)c2cc3[nH]ncc3cc2n1-c1ccc(F)cc1. The number of aliphatic hydroxyl groups is 1. The summed E-state index contributed by atoms with van der Waals surface area (Å²) in [6.07, 6.45) is 2.07. The standard InChI is InChI=1S/C27H24FN3O4/c1-3-27(34,15-35-2)25-24(16-4-6-17(7-5-16)26(32)33)21-13-22-18(14-29-30-22)12-23(21)31(25)20-10-8-19(28)9-11-20/h4-14,34H,3,15H2,1-2H3,(H,29,30)(H,32,33). The topological polar surface area (TPSA) is 100 Å². The summed E-state index contributed by atoms with van der Waals surface area (Å²) in [5, 5.41) is 30.2. The first-order valence-electron chi connectivity index (χ1n) is 11.2. The maximum absolute atomic E-state index is 13.8. The van der Waals surface area contributed by atoms with Gasteiger partial charge in [-0.15, -0.1) is 0 Å². The van der Waals surface area contributed by atoms with E-state index in [1.54, 1.807) is 42.6 Å². The molecule has 2 heterocycles. The molecule has 5 rings (SSSR count). The molecule has 3 aromatic carbocycles. The number of aromatic carboxylic acids is 1. The summed E-state index contributed by atoms with van der Waals surface area (Å²) in [4.78, 5) is 11.4. The van der Waals surface area contributed by atoms with E-state index in [1.165, 1.54) is 19.2 Å². The van der Waals surface area contributed by atoms with Crippen LogP contribution in [-0.2, 0) is 10.3 Å². The Morgan fingerprint density at radius 2 is 1.86 bits per heavy atom. The number of hydrogen-bond acceptors (Lipinski definition) is 4. The average molecular weight is 474 g/mol. The predicted octanol–water partition coefficient (Wildman–Crippen LogP) is 5.26. The van der Waals surface area contributed by atoms with Crippen LogP contribution in [0.25, 0.3) is 38.6 Å². The molecule has 8 heteroatoms. The van der Waals surface area contributed by atoms with Crippen LogP contribution in [0.3, 0.4) is 0 Å². The molecule has 1 atom stereocenters. The van der Waals surface area contributed by atoms with Crippen molar-refractivity contribution in [3.63, 3.8) is 0 Å². The van der Waals surface area contributed by atoms with E-state index in [4.69, 9.17) is 4.74 Å². The lowest BCUT2D eigenvalue weighted by Crippen LogP contribution is -2.33. The van der Waals surface area contributed by atoms with Crippen LogP contribution in [0.2, 0.25) is 0 Å². The molecule has 0 aliphatic carbocycles. The van der Waals surface area contributed by atoms with E-state index < -0.39 is 11.6 Å². The molecule has 2 aromatic heterocycles. The van der Waals surface area contributed by atoms with Gasteiger partial charge in [-0.1, -0.05) is 19.1 Å². The molecule has 35 heavy (non-hydrogen) atoms. The number of carboxylic acids is 1. The third-order valence-electron chi connectivity index (χ3n) is 6.44. The van der Waals surface area contributed by atoms with Crippen LogP contribution < -0.4 is 0 Å². The fourth-order valence-corrected chi connectivity index (χ4v) is 4.67. The quantitative estimate of drug-likeness (QED) is 0.300. The largest absolute Gasteiger partial charge is 0.478 e. The Morgan fingerprint density at radius 1 is 1.14 bits per heavy atom. The van der Waals surface area contributed by atoms with Crippen molar-refractivity contribution in [2.45, 2.75) is 18.9 Å². The lowest BCUT2D eigenvalue weighted by Gasteiger charge is -2.29. The number of methoxy groups -OCH3 is 1. The lowest BCUT2D eigenvalue weighted by atomic mass is 9.89. The molecule has 178 valence electrons. The Balaban J connectivity index is 1.95. The minimum Gasteiger partial charge on any atom is -0.478 e. The Morgan fingerprint density at radius 3 is 2.49 bits per heavy atom. The van der Waals surface area contributed by atoms with Crippen LogP contribution in [0, 0.1) is 5.82 Å². The number of rotatable bonds is 7. The van der Waals surface area contributed by atoms with Crippen molar-refractivity contribution in [1.29, 1.82) is 0 Å². The van der Waals surface area contributed by atoms with Gasteiger partial charge in [-0.25, -0.2) is 9.18 Å². The van der Waals surface area contributed by atoms with Crippen molar-refractivity contribution in [3.8, 4) is 16.8 Å². The van der Waals surface area contributed by atoms with Crippen molar-refractivity contribution in [2.24, 2.45) is 0 Å². The van der Waals surface area contributed by atoms with Gasteiger partial charge < -0.3 is 19.5 Å². The molecule has 5 aromatic rings. The van der Waals surface area contributed by atoms with Gasteiger partial charge in [0.2, 0.25) is 0 Å². The Hall–Kier alpha value is -4.01. The maximum atomic E-state index is 13.8. The highest BCUT2D eigenvalue weighted by Crippen LogP contribution is 2.44. The van der Waals surface area contributed by atoms with Crippen molar-refractivity contribution < 1.29 is 24.1 Å². The predicted molar refractivity (Wildman–Crippen MR) is 131 cm³/mol. The third-order valence-corrected chi connectivity index (χ3v) is 6.44. The zero-order valence-corrected chi connectivity index (χ0v) is 19.2. The second-order valence-corrected chi connectivity index (χ2v) is 8.56. The van der Waals surface area contributed by atoms with Gasteiger partial charge in [-0.2, -0.15) is 5.10 Å². The molecule has 0 amide bonds. The van der Waals surface area contributed by atoms with Gasteiger partial charge in [0.1, 0.15) is 11.4 Å². The second kappa shape index (κ2) is 8.65. The zero-order chi connectivity index (χ0) is 24.7. The molecule has 3 N–H and O–H groups in total. The summed E-state index contributed by atoms with van der Waals surface area (Å²) in [5.74, 6) is -1.38. The number of halogens is 1. The molecular weight excluding hydrogens is 449 g/mol. The normalized spacial score (nSPS) is 13.4. The minimum absolute atomic E-state index is 0.0284. The fourth-order valence-electron chi connectivity index (χ4n) is 4.67. The first-order valence-corrected chi connectivity index (χ1v) is 11.2. The molecule has 7 nitrogen and oxygen atoms in total. The molecule has 0 aliphatic heterocycles. The van der Waals surface area contributed by atoms with Crippen LogP contribution in [-0.4, -0.2) is 44.7 Å². The van der Waals surface area contributed by atoms with Gasteiger partial charge in [0.25, 0.3) is 0 Å². The number of benzene rings is 3. The van der Waals surface area contributed by atoms with E-state index in [1.807, 2.05) is 23.6 Å². The Labute approximate surface area is 200 Å². The summed E-state index contributed by atoms with van der Waals surface area (Å²) < 4.78 is 21.2. The minimum atomic E-state index is -1.39. The molecule has 0 fully saturated rings. The second-order valence-electron chi connectivity index (χ2n) is 8.56. The first-order chi connectivity index (χ1) is 16.9. The lowest BCUT2D eigenvalue weighted by molar-refractivity contribution is -0.0422. The van der Waals surface area contributed by atoms with Crippen LogP contribution in [0.15, 0.2) is 66.9 Å². The molecule has 1 unspecified atom stereocenters. The number of H-pyrrole nitrogens is 1. The monoisotopic (exact) mass is 473 g/mol. The van der Waals surface area contributed by atoms with E-state index in [0.717, 1.165) is 32.9 Å². The molecule has 0 saturated heterocycles. The number of nitrogens with one attached hydrogen (secondary N) is 1. The van der Waals surface area contributed by atoms with Gasteiger partial charge in [0, 0.05) is 29.1 Å². The Kier molecular flexibility index (Phi) is 5.62. The van der Waals surface area contributed by atoms with Gasteiger partial charge in [0.05, 0.1) is 35.1 Å². The smallest absolute Gasteiger partial charge is 0.335 e. The molecule has 0 saturated carbocycles. The number of aromatic amines is 1. The number of carbonyl (C=O) groups is 1. The summed E-state index contributed by atoms with van der Waals surface area (Å²) in [6.45, 7) is 1.90. The van der Waals surface area contributed by atoms with Gasteiger partial charge in [0.15, 0.2) is 0 Å². The highest BCUT2D eigenvalue weighted by molar-refractivity contribution is 6.06. The van der Waals surface area contributed by atoms with Crippen LogP contribution in [0.5, 0.6) is 0 Å². The van der Waals surface area contributed by atoms with Crippen LogP contribution >= 0.6 is 0 Å². The average Bonchev–Trinajstić information content (AvgIpc) is 3.45. The van der Waals surface area contributed by atoms with Crippen molar-refractivity contribution in [3.05, 3.63) is 83.9 Å². The van der Waals surface area contributed by atoms with E-state index in [9.17, 15) is 19.4 Å². The molecular formula is C27H24FN3O4. The Bertz CT molecular complexity index is 1540. The number of ether oxygens (including phenoxy) is 1. The highest BCUT2D eigenvalue weighted by Gasteiger charge is 2.36. The summed E-state index contributed by atoms with van der Waals surface area (Å²) in [5.41, 5.74) is 3.09. The summed E-state index contributed by atoms with van der Waals surface area (Å²) in [7, 11) is 1.53. The molecule has 0 radical (unpaired) electrons. The molecule has 0 spiro atoms. The van der Waals surface area contributed by atoms with Gasteiger partial charge in [-0.05, 0) is 60.5 Å². The summed E-state index contributed by atoms with van der Waals surface area (Å²) in [6, 6.07) is 16.6. The number of hydrogen-bond donors (Lipinski definition) is 3. The number of nitrogens with zero attached hydrogens (tertiary/aromatic N) is 2. The number of carboxylic acid groups (broad SMARTS) is 1. The zero-order valence-electron chi connectivity index (χ0n) is 19.2. The van der Waals surface area contributed by atoms with E-state index in [-0.39, 0.29) is 18.0 Å². The first kappa shape index (κ1) is 22.8. The van der Waals surface area contributed by atoms with Crippen LogP contribution in [0.4, 0.5) is 4.39 Å². The van der Waals surface area contributed by atoms with E-state index >= 15 is 0 Å². The molecule has 0 aliphatic rings. The van der Waals surface area contributed by atoms with Crippen molar-refractivity contribution in [2.75, 3.05) is 13.7 Å². The van der Waals surface area contributed by atoms with Gasteiger partial charge >= 0.3 is 5.97 Å². The molecule has 0 bridgehead atoms. The van der Waals surface area contributed by atoms with E-state index in [2.05, 4.69) is 10.2 Å².